The lowest BCUT2D eigenvalue weighted by Crippen LogP contribution is -2.76. The molecule has 0 amide bonds. The summed E-state index contributed by atoms with van der Waals surface area (Å²) in [5.41, 5.74) is 8.04. The fourth-order valence-corrected chi connectivity index (χ4v) is 7.63. The van der Waals surface area contributed by atoms with Gasteiger partial charge in [-0.2, -0.15) is 8.97 Å². The third-order valence-electron chi connectivity index (χ3n) is 8.67. The first kappa shape index (κ1) is 17.7. The molecule has 7 aromatic rings. The molecule has 0 fully saturated rings. The predicted molar refractivity (Wildman–Crippen MR) is 135 cm³/mol. The van der Waals surface area contributed by atoms with Crippen LogP contribution in [-0.2, 0) is 5.66 Å². The van der Waals surface area contributed by atoms with Crippen LogP contribution >= 0.6 is 0 Å². The second-order valence-corrected chi connectivity index (χ2v) is 10.3. The van der Waals surface area contributed by atoms with Gasteiger partial charge in [-0.05, 0) is 55.5 Å². The average molecular weight is 467 g/mol. The Hall–Kier alpha value is -4.71. The molecule has 6 nitrogen and oxygen atoms in total. The van der Waals surface area contributed by atoms with E-state index in [2.05, 4.69) is 80.8 Å². The number of rotatable bonds is 0. The van der Waals surface area contributed by atoms with Gasteiger partial charge >= 0.3 is 11.3 Å². The molecule has 0 saturated heterocycles. The summed E-state index contributed by atoms with van der Waals surface area (Å²) < 4.78 is 16.0. The molecular formula is C30H18N4O2+2. The maximum Gasteiger partial charge on any atom is 0.397 e. The van der Waals surface area contributed by atoms with Gasteiger partial charge in [-0.25, -0.2) is 0 Å². The largest absolute Gasteiger partial charge is 0.456 e. The Morgan fingerprint density at radius 2 is 1.58 bits per heavy atom. The average Bonchev–Trinajstić information content (AvgIpc) is 3.51. The van der Waals surface area contributed by atoms with Crippen molar-refractivity contribution in [3.05, 3.63) is 106 Å². The number of nitrogens with zero attached hydrogens (tertiary/aromatic N) is 4. The minimum atomic E-state index is -0.717. The smallest absolute Gasteiger partial charge is 0.397 e. The van der Waals surface area contributed by atoms with Crippen LogP contribution < -0.4 is 19.4 Å². The van der Waals surface area contributed by atoms with Crippen molar-refractivity contribution in [2.45, 2.75) is 19.5 Å². The van der Waals surface area contributed by atoms with Crippen molar-refractivity contribution < 1.29 is 14.0 Å². The van der Waals surface area contributed by atoms with Crippen molar-refractivity contribution in [2.75, 3.05) is 0 Å². The highest BCUT2D eigenvalue weighted by atomic mass is 16.5. The first-order chi connectivity index (χ1) is 17.6. The van der Waals surface area contributed by atoms with Gasteiger partial charge in [0.15, 0.2) is 16.6 Å². The topological polar surface area (TPSA) is 43.4 Å². The van der Waals surface area contributed by atoms with Crippen LogP contribution in [0.15, 0.2) is 77.7 Å². The Bertz CT molecular complexity index is 2290. The zero-order valence-electron chi connectivity index (χ0n) is 19.5. The van der Waals surface area contributed by atoms with Crippen molar-refractivity contribution in [1.82, 2.24) is 9.08 Å². The minimum absolute atomic E-state index is 0.0761. The molecule has 1 unspecified atom stereocenters. The molecule has 6 heteroatoms. The van der Waals surface area contributed by atoms with Crippen molar-refractivity contribution >= 4 is 38.2 Å². The van der Waals surface area contributed by atoms with Crippen molar-refractivity contribution in [1.29, 1.82) is 0 Å². The van der Waals surface area contributed by atoms with Crippen LogP contribution in [0, 0.1) is 13.8 Å². The van der Waals surface area contributed by atoms with Crippen molar-refractivity contribution in [3.8, 4) is 17.2 Å². The molecule has 3 aliphatic rings. The maximum absolute atomic E-state index is 13.9. The first-order valence-electron chi connectivity index (χ1n) is 12.3. The predicted octanol–water partition coefficient (Wildman–Crippen LogP) is 4.21. The van der Waals surface area contributed by atoms with Crippen LogP contribution in [0.1, 0.15) is 22.5 Å². The van der Waals surface area contributed by atoms with Crippen LogP contribution in [0.25, 0.3) is 43.9 Å². The number of hydrogen-bond acceptors (Lipinski definition) is 2. The number of pyridine rings is 2. The van der Waals surface area contributed by atoms with E-state index >= 15 is 0 Å². The molecule has 3 aliphatic heterocycles. The lowest BCUT2D eigenvalue weighted by Gasteiger charge is -2.31. The third-order valence-corrected chi connectivity index (χ3v) is 8.67. The van der Waals surface area contributed by atoms with Crippen LogP contribution in [0.3, 0.4) is 0 Å². The van der Waals surface area contributed by atoms with Gasteiger partial charge < -0.3 is 4.74 Å². The van der Waals surface area contributed by atoms with Crippen LogP contribution in [0.4, 0.5) is 0 Å². The molecule has 0 N–H and O–H groups in total. The van der Waals surface area contributed by atoms with E-state index in [1.165, 1.54) is 0 Å². The van der Waals surface area contributed by atoms with Crippen molar-refractivity contribution in [3.63, 3.8) is 0 Å². The molecule has 0 bridgehead atoms. The summed E-state index contributed by atoms with van der Waals surface area (Å²) in [7, 11) is 0. The molecule has 1 atom stereocenters. The van der Waals surface area contributed by atoms with Gasteiger partial charge in [-0.15, -0.1) is 4.68 Å². The number of para-hydroxylation sites is 1. The number of hydrogen-bond donors (Lipinski definition) is 0. The van der Waals surface area contributed by atoms with Gasteiger partial charge in [0.1, 0.15) is 28.1 Å². The summed E-state index contributed by atoms with van der Waals surface area (Å²) in [5, 5.41) is 3.73. The van der Waals surface area contributed by atoms with E-state index in [1.807, 2.05) is 24.3 Å². The Morgan fingerprint density at radius 3 is 2.50 bits per heavy atom. The number of aromatic nitrogens is 4. The molecule has 10 rings (SSSR count). The SMILES string of the molecule is Cc1cc(C)[n+]2n1-c1cccc3c1C21c2c(ccc4c5cccc6c(=O)c7ccc[n+]1c7n(c24)c65)O3. The summed E-state index contributed by atoms with van der Waals surface area (Å²) in [6.45, 7) is 4.32. The van der Waals surface area contributed by atoms with Gasteiger partial charge in [-0.1, -0.05) is 16.8 Å². The molecule has 3 aromatic carbocycles. The van der Waals surface area contributed by atoms with E-state index in [1.54, 1.807) is 0 Å². The Morgan fingerprint density at radius 1 is 0.806 bits per heavy atom. The summed E-state index contributed by atoms with van der Waals surface area (Å²) in [5.74, 6) is 1.71. The molecule has 0 aliphatic carbocycles. The zero-order chi connectivity index (χ0) is 23.7. The van der Waals surface area contributed by atoms with Crippen LogP contribution in [0.5, 0.6) is 11.5 Å². The van der Waals surface area contributed by atoms with Gasteiger partial charge in [-0.3, -0.25) is 4.79 Å². The molecular weight excluding hydrogens is 448 g/mol. The normalized spacial score (nSPS) is 18.2. The van der Waals surface area contributed by atoms with Gasteiger partial charge in [0.05, 0.1) is 17.3 Å². The Kier molecular flexibility index (Phi) is 2.51. The second-order valence-electron chi connectivity index (χ2n) is 10.3. The van der Waals surface area contributed by atoms with Crippen LogP contribution in [0.2, 0.25) is 0 Å². The fraction of sp³-hybridized carbons (Fsp3) is 0.100. The monoisotopic (exact) mass is 466 g/mol. The van der Waals surface area contributed by atoms with Crippen molar-refractivity contribution in [2.24, 2.45) is 0 Å². The van der Waals surface area contributed by atoms with E-state index in [9.17, 15) is 4.79 Å². The van der Waals surface area contributed by atoms with Gasteiger partial charge in [0.25, 0.3) is 0 Å². The molecule has 4 aromatic heterocycles. The minimum Gasteiger partial charge on any atom is -0.456 e. The van der Waals surface area contributed by atoms with E-state index < -0.39 is 5.66 Å². The van der Waals surface area contributed by atoms with E-state index in [0.29, 0.717) is 0 Å². The quantitative estimate of drug-likeness (QED) is 0.248. The second kappa shape index (κ2) is 5.11. The summed E-state index contributed by atoms with van der Waals surface area (Å²) >= 11 is 0. The molecule has 168 valence electrons. The lowest BCUT2D eigenvalue weighted by molar-refractivity contribution is -0.989. The highest BCUT2D eigenvalue weighted by Gasteiger charge is 2.69. The van der Waals surface area contributed by atoms with E-state index in [4.69, 9.17) is 4.74 Å². The van der Waals surface area contributed by atoms with E-state index in [0.717, 1.165) is 77.9 Å². The molecule has 7 heterocycles. The zero-order valence-corrected chi connectivity index (χ0v) is 19.5. The van der Waals surface area contributed by atoms with Crippen LogP contribution in [-0.4, -0.2) is 9.08 Å². The first-order valence-corrected chi connectivity index (χ1v) is 12.3. The lowest BCUT2D eigenvalue weighted by atomic mass is 9.84. The Labute approximate surface area is 203 Å². The standard InChI is InChI=1S/C30H18N4O2/c1-15-14-16(2)34-30-24-21(33(15)34)9-4-10-22(24)36-23-12-11-18-17-6-3-7-19-26(17)32(27(18)25(23)30)29-20(28(19)35)8-5-13-31(29)30/h3-14H,1-2H3/q+2. The van der Waals surface area contributed by atoms with E-state index in [-0.39, 0.29) is 5.43 Å². The molecule has 0 radical (unpaired) electrons. The molecule has 36 heavy (non-hydrogen) atoms. The number of benzene rings is 3. The van der Waals surface area contributed by atoms with Gasteiger partial charge in [0.2, 0.25) is 11.1 Å². The maximum atomic E-state index is 13.9. The number of aryl methyl sites for hydroxylation is 2. The summed E-state index contributed by atoms with van der Waals surface area (Å²) in [6.07, 6.45) is 2.13. The third kappa shape index (κ3) is 1.47. The molecule has 0 saturated carbocycles. The Balaban J connectivity index is 1.64. The summed E-state index contributed by atoms with van der Waals surface area (Å²) in [4.78, 5) is 13.9. The molecule has 1 spiro atoms. The highest BCUT2D eigenvalue weighted by Crippen LogP contribution is 2.55. The number of ether oxygens (including phenoxy) is 1. The fourth-order valence-electron chi connectivity index (χ4n) is 7.63. The highest BCUT2D eigenvalue weighted by molar-refractivity contribution is 6.18. The number of fused-ring (bicyclic) bond motifs is 3. The van der Waals surface area contributed by atoms with Gasteiger partial charge in [0, 0.05) is 23.8 Å². The summed E-state index contributed by atoms with van der Waals surface area (Å²) in [6, 6.07) is 22.9.